The van der Waals surface area contributed by atoms with Crippen molar-refractivity contribution >= 4 is 23.0 Å². The van der Waals surface area contributed by atoms with Crippen LogP contribution in [0.25, 0.3) is 0 Å². The Labute approximate surface area is 159 Å². The molecule has 0 unspecified atom stereocenters. The number of nitrogens with one attached hydrogen (secondary N) is 1. The van der Waals surface area contributed by atoms with E-state index in [4.69, 9.17) is 4.74 Å². The minimum atomic E-state index is -0.113. The first-order valence-electron chi connectivity index (χ1n) is 8.85. The SMILES string of the molecule is CC(C)Oc1ccc(Nc2cncc(C(=O)N(C)c3ccccc3)c2)cc1. The lowest BCUT2D eigenvalue weighted by Crippen LogP contribution is -2.26. The number of anilines is 3. The number of hydrogen-bond acceptors (Lipinski definition) is 4. The number of ether oxygens (including phenoxy) is 1. The molecule has 138 valence electrons. The summed E-state index contributed by atoms with van der Waals surface area (Å²) < 4.78 is 5.65. The fourth-order valence-corrected chi connectivity index (χ4v) is 2.64. The predicted molar refractivity (Wildman–Crippen MR) is 109 cm³/mol. The molecule has 5 heteroatoms. The molecule has 5 nitrogen and oxygen atoms in total. The summed E-state index contributed by atoms with van der Waals surface area (Å²) >= 11 is 0. The Morgan fingerprint density at radius 3 is 2.37 bits per heavy atom. The van der Waals surface area contributed by atoms with E-state index in [0.29, 0.717) is 5.56 Å². The number of carbonyl (C=O) groups excluding carboxylic acids is 1. The van der Waals surface area contributed by atoms with Gasteiger partial charge in [0.05, 0.1) is 23.6 Å². The van der Waals surface area contributed by atoms with Crippen LogP contribution in [0.4, 0.5) is 17.1 Å². The van der Waals surface area contributed by atoms with Gasteiger partial charge in [0.2, 0.25) is 0 Å². The Hall–Kier alpha value is -3.34. The maximum absolute atomic E-state index is 12.7. The van der Waals surface area contributed by atoms with Crippen LogP contribution >= 0.6 is 0 Å². The molecule has 0 saturated carbocycles. The maximum atomic E-state index is 12.7. The Bertz CT molecular complexity index is 893. The second kappa shape index (κ2) is 8.36. The predicted octanol–water partition coefficient (Wildman–Crippen LogP) is 4.89. The average molecular weight is 361 g/mol. The summed E-state index contributed by atoms with van der Waals surface area (Å²) in [5.74, 6) is 0.708. The number of benzene rings is 2. The van der Waals surface area contributed by atoms with Gasteiger partial charge in [0.25, 0.3) is 5.91 Å². The molecule has 0 saturated heterocycles. The zero-order chi connectivity index (χ0) is 19.2. The molecule has 0 aliphatic rings. The first-order valence-corrected chi connectivity index (χ1v) is 8.85. The van der Waals surface area contributed by atoms with Crippen molar-refractivity contribution in [3.8, 4) is 5.75 Å². The molecule has 0 aliphatic heterocycles. The van der Waals surface area contributed by atoms with E-state index >= 15 is 0 Å². The monoisotopic (exact) mass is 361 g/mol. The number of nitrogens with zero attached hydrogens (tertiary/aromatic N) is 2. The minimum Gasteiger partial charge on any atom is -0.491 e. The molecular formula is C22H23N3O2. The van der Waals surface area contributed by atoms with Crippen LogP contribution in [-0.2, 0) is 0 Å². The summed E-state index contributed by atoms with van der Waals surface area (Å²) in [6.45, 7) is 3.99. The van der Waals surface area contributed by atoms with Gasteiger partial charge in [-0.2, -0.15) is 0 Å². The molecule has 1 aromatic heterocycles. The number of para-hydroxylation sites is 1. The van der Waals surface area contributed by atoms with Gasteiger partial charge in [-0.15, -0.1) is 0 Å². The molecule has 0 fully saturated rings. The van der Waals surface area contributed by atoms with E-state index in [1.807, 2.05) is 68.4 Å². The summed E-state index contributed by atoms with van der Waals surface area (Å²) in [5.41, 5.74) is 3.00. The highest BCUT2D eigenvalue weighted by Crippen LogP contribution is 2.22. The molecule has 0 spiro atoms. The minimum absolute atomic E-state index is 0.113. The van der Waals surface area contributed by atoms with Crippen molar-refractivity contribution in [1.29, 1.82) is 0 Å². The fourth-order valence-electron chi connectivity index (χ4n) is 2.64. The topological polar surface area (TPSA) is 54.5 Å². The second-order valence-corrected chi connectivity index (χ2v) is 6.48. The van der Waals surface area contributed by atoms with E-state index in [2.05, 4.69) is 10.3 Å². The molecule has 0 aliphatic carbocycles. The third-order valence-corrected chi connectivity index (χ3v) is 3.95. The van der Waals surface area contributed by atoms with Crippen molar-refractivity contribution in [2.75, 3.05) is 17.3 Å². The molecule has 0 atom stereocenters. The van der Waals surface area contributed by atoms with Crippen LogP contribution in [-0.4, -0.2) is 24.0 Å². The first kappa shape index (κ1) is 18.5. The van der Waals surface area contributed by atoms with Crippen molar-refractivity contribution in [3.05, 3.63) is 78.6 Å². The van der Waals surface area contributed by atoms with Gasteiger partial charge in [-0.05, 0) is 56.3 Å². The van der Waals surface area contributed by atoms with Gasteiger partial charge < -0.3 is 15.0 Å². The van der Waals surface area contributed by atoms with Gasteiger partial charge in [-0.3, -0.25) is 9.78 Å². The first-order chi connectivity index (χ1) is 13.0. The van der Waals surface area contributed by atoms with Crippen molar-refractivity contribution in [2.24, 2.45) is 0 Å². The van der Waals surface area contributed by atoms with Crippen LogP contribution < -0.4 is 15.0 Å². The zero-order valence-electron chi connectivity index (χ0n) is 15.7. The van der Waals surface area contributed by atoms with Gasteiger partial charge in [0.15, 0.2) is 0 Å². The van der Waals surface area contributed by atoms with E-state index in [1.165, 1.54) is 0 Å². The number of hydrogen-bond donors (Lipinski definition) is 1. The average Bonchev–Trinajstić information content (AvgIpc) is 2.69. The van der Waals surface area contributed by atoms with E-state index < -0.39 is 0 Å². The molecule has 27 heavy (non-hydrogen) atoms. The molecule has 2 aromatic carbocycles. The lowest BCUT2D eigenvalue weighted by atomic mass is 10.2. The standard InChI is InChI=1S/C22H23N3O2/c1-16(2)27-21-11-9-18(10-12-21)24-19-13-17(14-23-15-19)22(26)25(3)20-7-5-4-6-8-20/h4-16,24H,1-3H3. The van der Waals surface area contributed by atoms with Gasteiger partial charge >= 0.3 is 0 Å². The number of amides is 1. The van der Waals surface area contributed by atoms with Crippen LogP contribution in [0.15, 0.2) is 73.1 Å². The highest BCUT2D eigenvalue weighted by atomic mass is 16.5. The van der Waals surface area contributed by atoms with Gasteiger partial charge in [0.1, 0.15) is 5.75 Å². The van der Waals surface area contributed by atoms with Crippen molar-refractivity contribution in [2.45, 2.75) is 20.0 Å². The number of rotatable bonds is 6. The Morgan fingerprint density at radius 1 is 1.00 bits per heavy atom. The third-order valence-electron chi connectivity index (χ3n) is 3.95. The van der Waals surface area contributed by atoms with Crippen molar-refractivity contribution < 1.29 is 9.53 Å². The van der Waals surface area contributed by atoms with E-state index in [1.54, 1.807) is 30.4 Å². The van der Waals surface area contributed by atoms with Crippen LogP contribution in [0.2, 0.25) is 0 Å². The molecule has 3 aromatic rings. The van der Waals surface area contributed by atoms with Crippen LogP contribution in [0.1, 0.15) is 24.2 Å². The molecule has 0 radical (unpaired) electrons. The largest absolute Gasteiger partial charge is 0.491 e. The highest BCUT2D eigenvalue weighted by molar-refractivity contribution is 6.06. The van der Waals surface area contributed by atoms with Gasteiger partial charge in [-0.1, -0.05) is 18.2 Å². The number of aromatic nitrogens is 1. The van der Waals surface area contributed by atoms with Gasteiger partial charge in [0, 0.05) is 24.6 Å². The zero-order valence-corrected chi connectivity index (χ0v) is 15.7. The number of carbonyl (C=O) groups is 1. The van der Waals surface area contributed by atoms with Crippen molar-refractivity contribution in [1.82, 2.24) is 4.98 Å². The quantitative estimate of drug-likeness (QED) is 0.679. The van der Waals surface area contributed by atoms with Gasteiger partial charge in [-0.25, -0.2) is 0 Å². The summed E-state index contributed by atoms with van der Waals surface area (Å²) in [6, 6.07) is 19.0. The molecule has 1 N–H and O–H groups in total. The summed E-state index contributed by atoms with van der Waals surface area (Å²) in [4.78, 5) is 18.5. The fraction of sp³-hybridized carbons (Fsp3) is 0.182. The molecule has 1 heterocycles. The normalized spacial score (nSPS) is 10.5. The Kier molecular flexibility index (Phi) is 5.71. The summed E-state index contributed by atoms with van der Waals surface area (Å²) in [7, 11) is 1.76. The highest BCUT2D eigenvalue weighted by Gasteiger charge is 2.14. The Morgan fingerprint density at radius 2 is 1.70 bits per heavy atom. The number of pyridine rings is 1. The smallest absolute Gasteiger partial charge is 0.259 e. The lowest BCUT2D eigenvalue weighted by Gasteiger charge is -2.17. The summed E-state index contributed by atoms with van der Waals surface area (Å²) in [5, 5.41) is 3.27. The summed E-state index contributed by atoms with van der Waals surface area (Å²) in [6.07, 6.45) is 3.40. The van der Waals surface area contributed by atoms with Crippen LogP contribution in [0.3, 0.4) is 0 Å². The van der Waals surface area contributed by atoms with E-state index in [9.17, 15) is 4.79 Å². The van der Waals surface area contributed by atoms with Crippen molar-refractivity contribution in [3.63, 3.8) is 0 Å². The van der Waals surface area contributed by atoms with E-state index in [-0.39, 0.29) is 12.0 Å². The molecule has 1 amide bonds. The molecule has 0 bridgehead atoms. The Balaban J connectivity index is 1.72. The molecule has 3 rings (SSSR count). The van der Waals surface area contributed by atoms with Crippen LogP contribution in [0, 0.1) is 0 Å². The second-order valence-electron chi connectivity index (χ2n) is 6.48. The third kappa shape index (κ3) is 4.85. The van der Waals surface area contributed by atoms with Crippen LogP contribution in [0.5, 0.6) is 5.75 Å². The van der Waals surface area contributed by atoms with E-state index in [0.717, 1.165) is 22.8 Å². The maximum Gasteiger partial charge on any atom is 0.259 e. The molecular weight excluding hydrogens is 338 g/mol. The lowest BCUT2D eigenvalue weighted by molar-refractivity contribution is 0.0992.